The predicted molar refractivity (Wildman–Crippen MR) is 68.2 cm³/mol. The molecular weight excluding hydrogens is 244 g/mol. The molecule has 0 bridgehead atoms. The van der Waals surface area contributed by atoms with E-state index in [0.717, 1.165) is 5.56 Å². The van der Waals surface area contributed by atoms with Crippen LogP contribution < -0.4 is 0 Å². The minimum absolute atomic E-state index is 0.233. The van der Waals surface area contributed by atoms with Gasteiger partial charge in [0.25, 0.3) is 0 Å². The van der Waals surface area contributed by atoms with E-state index in [1.165, 1.54) is 4.90 Å². The molecule has 1 saturated heterocycles. The number of nitrogens with zero attached hydrogens (tertiary/aromatic N) is 2. The van der Waals surface area contributed by atoms with Crippen LogP contribution in [0.4, 0.5) is 4.79 Å². The van der Waals surface area contributed by atoms with Gasteiger partial charge in [-0.05, 0) is 12.5 Å². The molecule has 5 nitrogen and oxygen atoms in total. The van der Waals surface area contributed by atoms with E-state index in [1.54, 1.807) is 6.92 Å². The van der Waals surface area contributed by atoms with Gasteiger partial charge in [-0.25, -0.2) is 4.79 Å². The van der Waals surface area contributed by atoms with Gasteiger partial charge in [0.1, 0.15) is 6.61 Å². The third-order valence-corrected chi connectivity index (χ3v) is 2.97. The van der Waals surface area contributed by atoms with E-state index in [4.69, 9.17) is 14.7 Å². The smallest absolute Gasteiger partial charge is 0.410 e. The molecule has 0 spiro atoms. The fourth-order valence-electron chi connectivity index (χ4n) is 1.90. The molecule has 1 fully saturated rings. The molecule has 1 unspecified atom stereocenters. The molecule has 2 rings (SSSR count). The van der Waals surface area contributed by atoms with Crippen molar-refractivity contribution in [3.63, 3.8) is 0 Å². The molecule has 0 saturated carbocycles. The standard InChI is InChI=1S/C14H16N2O3/c1-14(10-15)11-16(7-8-19-14)13(17)18-9-12-5-3-2-4-6-12/h2-6H,7-9,11H2,1H3. The van der Waals surface area contributed by atoms with Crippen LogP contribution in [0, 0.1) is 11.3 Å². The van der Waals surface area contributed by atoms with Crippen LogP contribution in [0.25, 0.3) is 0 Å². The second-order valence-electron chi connectivity index (χ2n) is 4.65. The lowest BCUT2D eigenvalue weighted by Gasteiger charge is -2.35. The number of amides is 1. The molecule has 1 aromatic carbocycles. The normalized spacial score (nSPS) is 22.6. The van der Waals surface area contributed by atoms with Gasteiger partial charge in [-0.1, -0.05) is 30.3 Å². The van der Waals surface area contributed by atoms with E-state index >= 15 is 0 Å². The highest BCUT2D eigenvalue weighted by molar-refractivity contribution is 5.68. The number of benzene rings is 1. The van der Waals surface area contributed by atoms with Crippen LogP contribution >= 0.6 is 0 Å². The molecule has 1 amide bonds. The first kappa shape index (κ1) is 13.4. The molecule has 19 heavy (non-hydrogen) atoms. The first-order valence-electron chi connectivity index (χ1n) is 6.14. The summed E-state index contributed by atoms with van der Waals surface area (Å²) in [4.78, 5) is 13.4. The first-order valence-corrected chi connectivity index (χ1v) is 6.14. The van der Waals surface area contributed by atoms with Crippen molar-refractivity contribution >= 4 is 6.09 Å². The summed E-state index contributed by atoms with van der Waals surface area (Å²) in [7, 11) is 0. The Hall–Kier alpha value is -2.06. The van der Waals surface area contributed by atoms with Gasteiger partial charge >= 0.3 is 6.09 Å². The van der Waals surface area contributed by atoms with E-state index in [9.17, 15) is 4.79 Å². The average molecular weight is 260 g/mol. The van der Waals surface area contributed by atoms with Gasteiger partial charge in [-0.2, -0.15) is 5.26 Å². The lowest BCUT2D eigenvalue weighted by Crippen LogP contribution is -2.51. The number of carbonyl (C=O) groups excluding carboxylic acids is 1. The van der Waals surface area contributed by atoms with E-state index in [-0.39, 0.29) is 13.2 Å². The highest BCUT2D eigenvalue weighted by Gasteiger charge is 2.34. The second-order valence-corrected chi connectivity index (χ2v) is 4.65. The van der Waals surface area contributed by atoms with Crippen molar-refractivity contribution in [2.24, 2.45) is 0 Å². The van der Waals surface area contributed by atoms with Crippen molar-refractivity contribution in [3.8, 4) is 6.07 Å². The zero-order valence-corrected chi connectivity index (χ0v) is 10.8. The molecule has 1 atom stereocenters. The number of ether oxygens (including phenoxy) is 2. The Bertz CT molecular complexity index is 483. The van der Waals surface area contributed by atoms with Crippen molar-refractivity contribution in [2.45, 2.75) is 19.1 Å². The van der Waals surface area contributed by atoms with Crippen molar-refractivity contribution in [1.29, 1.82) is 5.26 Å². The van der Waals surface area contributed by atoms with E-state index < -0.39 is 11.7 Å². The Balaban J connectivity index is 1.88. The van der Waals surface area contributed by atoms with Gasteiger partial charge in [-0.15, -0.1) is 0 Å². The van der Waals surface area contributed by atoms with Crippen LogP contribution in [0.1, 0.15) is 12.5 Å². The maximum atomic E-state index is 11.9. The summed E-state index contributed by atoms with van der Waals surface area (Å²) in [6.07, 6.45) is -0.409. The van der Waals surface area contributed by atoms with Crippen LogP contribution in [-0.2, 0) is 16.1 Å². The van der Waals surface area contributed by atoms with Gasteiger partial charge < -0.3 is 14.4 Å². The SMILES string of the molecule is CC1(C#N)CN(C(=O)OCc2ccccc2)CCO1. The average Bonchev–Trinajstić information content (AvgIpc) is 2.46. The fraction of sp³-hybridized carbons (Fsp3) is 0.429. The molecule has 1 heterocycles. The summed E-state index contributed by atoms with van der Waals surface area (Å²) in [6.45, 7) is 2.94. The summed E-state index contributed by atoms with van der Waals surface area (Å²) < 4.78 is 10.6. The molecule has 5 heteroatoms. The lowest BCUT2D eigenvalue weighted by molar-refractivity contribution is -0.0595. The number of rotatable bonds is 2. The van der Waals surface area contributed by atoms with E-state index in [1.807, 2.05) is 30.3 Å². The van der Waals surface area contributed by atoms with Gasteiger partial charge in [0, 0.05) is 6.54 Å². The molecular formula is C14H16N2O3. The predicted octanol–water partition coefficient (Wildman–Crippen LogP) is 1.94. The second kappa shape index (κ2) is 5.72. The molecule has 0 aliphatic carbocycles. The third kappa shape index (κ3) is 3.46. The Morgan fingerprint density at radius 3 is 2.95 bits per heavy atom. The maximum Gasteiger partial charge on any atom is 0.410 e. The Kier molecular flexibility index (Phi) is 4.03. The third-order valence-electron chi connectivity index (χ3n) is 2.97. The van der Waals surface area contributed by atoms with Crippen molar-refractivity contribution in [3.05, 3.63) is 35.9 Å². The molecule has 1 aliphatic rings. The number of hydrogen-bond acceptors (Lipinski definition) is 4. The largest absolute Gasteiger partial charge is 0.445 e. The number of nitriles is 1. The van der Waals surface area contributed by atoms with Gasteiger partial charge in [0.05, 0.1) is 19.2 Å². The molecule has 1 aliphatic heterocycles. The zero-order chi connectivity index (χ0) is 13.7. The molecule has 1 aromatic rings. The van der Waals surface area contributed by atoms with Gasteiger partial charge in [0.2, 0.25) is 0 Å². The molecule has 100 valence electrons. The van der Waals surface area contributed by atoms with Gasteiger partial charge in [0.15, 0.2) is 5.60 Å². The first-order chi connectivity index (χ1) is 9.13. The summed E-state index contributed by atoms with van der Waals surface area (Å²) >= 11 is 0. The van der Waals surface area contributed by atoms with Crippen LogP contribution in [-0.4, -0.2) is 36.3 Å². The number of carbonyl (C=O) groups is 1. The minimum Gasteiger partial charge on any atom is -0.445 e. The molecule has 0 radical (unpaired) electrons. The van der Waals surface area contributed by atoms with Crippen LogP contribution in [0.15, 0.2) is 30.3 Å². The molecule has 0 N–H and O–H groups in total. The Morgan fingerprint density at radius 1 is 1.53 bits per heavy atom. The fourth-order valence-corrected chi connectivity index (χ4v) is 1.90. The minimum atomic E-state index is -0.940. The highest BCUT2D eigenvalue weighted by atomic mass is 16.6. The zero-order valence-electron chi connectivity index (χ0n) is 10.8. The number of morpholine rings is 1. The van der Waals surface area contributed by atoms with Crippen molar-refractivity contribution in [2.75, 3.05) is 19.7 Å². The summed E-state index contributed by atoms with van der Waals surface area (Å²) in [5, 5.41) is 9.00. The summed E-state index contributed by atoms with van der Waals surface area (Å²) in [5.41, 5.74) is -0.00328. The van der Waals surface area contributed by atoms with E-state index in [2.05, 4.69) is 6.07 Å². The van der Waals surface area contributed by atoms with Crippen molar-refractivity contribution < 1.29 is 14.3 Å². The van der Waals surface area contributed by atoms with Crippen molar-refractivity contribution in [1.82, 2.24) is 4.90 Å². The maximum absolute atomic E-state index is 11.9. The monoisotopic (exact) mass is 260 g/mol. The summed E-state index contributed by atoms with van der Waals surface area (Å²) in [5.74, 6) is 0. The number of hydrogen-bond donors (Lipinski definition) is 0. The highest BCUT2D eigenvalue weighted by Crippen LogP contribution is 2.17. The Labute approximate surface area is 112 Å². The van der Waals surface area contributed by atoms with Gasteiger partial charge in [-0.3, -0.25) is 0 Å². The summed E-state index contributed by atoms with van der Waals surface area (Å²) in [6, 6.07) is 11.6. The van der Waals surface area contributed by atoms with E-state index in [0.29, 0.717) is 13.2 Å². The van der Waals surface area contributed by atoms with Crippen LogP contribution in [0.5, 0.6) is 0 Å². The van der Waals surface area contributed by atoms with Crippen LogP contribution in [0.2, 0.25) is 0 Å². The van der Waals surface area contributed by atoms with Crippen LogP contribution in [0.3, 0.4) is 0 Å². The lowest BCUT2D eigenvalue weighted by atomic mass is 10.1. The Morgan fingerprint density at radius 2 is 2.26 bits per heavy atom. The topological polar surface area (TPSA) is 62.6 Å². The molecule has 0 aromatic heterocycles. The quantitative estimate of drug-likeness (QED) is 0.815.